The number of ether oxygens (including phenoxy) is 2. The molecule has 6 amide bonds. The number of likely N-dealkylation sites (N-methyl/N-ethyl adjacent to an activating group) is 2. The van der Waals surface area contributed by atoms with Crippen molar-refractivity contribution >= 4 is 35.8 Å². The van der Waals surface area contributed by atoms with Gasteiger partial charge in [-0.15, -0.1) is 0 Å². The summed E-state index contributed by atoms with van der Waals surface area (Å²) in [5.41, 5.74) is 2.45. The summed E-state index contributed by atoms with van der Waals surface area (Å²) in [7, 11) is 3.09. The third kappa shape index (κ3) is 14.1. The Morgan fingerprint density at radius 2 is 0.818 bits per heavy atom. The predicted octanol–water partition coefficient (Wildman–Crippen LogP) is 6.51. The van der Waals surface area contributed by atoms with Crippen LogP contribution in [-0.4, -0.2) is 108 Å². The number of likely N-dealkylation sites (tertiary alicyclic amines) is 2. The Hall–Kier alpha value is -6.70. The average molecular weight is 903 g/mol. The summed E-state index contributed by atoms with van der Waals surface area (Å²) >= 11 is 0. The molecular formula is C52H66N6O8. The van der Waals surface area contributed by atoms with Crippen LogP contribution in [-0.2, 0) is 41.5 Å². The van der Waals surface area contributed by atoms with Gasteiger partial charge in [0.15, 0.2) is 0 Å². The number of nitrogens with zero attached hydrogens (tertiary/aromatic N) is 2. The van der Waals surface area contributed by atoms with Gasteiger partial charge in [-0.3, -0.25) is 29.0 Å². The number of amides is 6. The van der Waals surface area contributed by atoms with Crippen molar-refractivity contribution in [2.75, 3.05) is 27.2 Å². The van der Waals surface area contributed by atoms with Gasteiger partial charge in [-0.05, 0) is 76.6 Å². The smallest absolute Gasteiger partial charge is 0.410 e. The van der Waals surface area contributed by atoms with Crippen molar-refractivity contribution in [1.82, 2.24) is 31.1 Å². The second kappa shape index (κ2) is 23.0. The van der Waals surface area contributed by atoms with Crippen LogP contribution in [0.15, 0.2) is 121 Å². The Kier molecular flexibility index (Phi) is 17.5. The van der Waals surface area contributed by atoms with Gasteiger partial charge in [0.25, 0.3) is 0 Å². The largest absolute Gasteiger partial charge is 0.444 e. The highest BCUT2D eigenvalue weighted by molar-refractivity contribution is 5.93. The minimum atomic E-state index is -0.773. The molecule has 6 atom stereocenters. The average Bonchev–Trinajstić information content (AvgIpc) is 3.95. The minimum Gasteiger partial charge on any atom is -0.444 e. The Labute approximate surface area is 389 Å². The topological polar surface area (TPSA) is 175 Å². The van der Waals surface area contributed by atoms with Crippen molar-refractivity contribution < 1.29 is 38.2 Å². The molecule has 2 aliphatic rings. The molecule has 0 saturated carbocycles. The van der Waals surface area contributed by atoms with E-state index in [2.05, 4.69) is 21.3 Å². The lowest BCUT2D eigenvalue weighted by Gasteiger charge is -2.31. The summed E-state index contributed by atoms with van der Waals surface area (Å²) in [6.07, 6.45) is 0.902. The zero-order chi connectivity index (χ0) is 48.0. The van der Waals surface area contributed by atoms with E-state index in [0.29, 0.717) is 38.8 Å². The molecule has 0 spiro atoms. The number of benzene rings is 4. The van der Waals surface area contributed by atoms with Crippen LogP contribution in [0.3, 0.4) is 0 Å². The van der Waals surface area contributed by atoms with E-state index in [1.807, 2.05) is 121 Å². The Balaban J connectivity index is 0.000000247. The number of carbonyl (C=O) groups excluding carboxylic acids is 6. The van der Waals surface area contributed by atoms with E-state index in [1.165, 1.54) is 9.80 Å². The van der Waals surface area contributed by atoms with Crippen LogP contribution in [0.1, 0.15) is 88.5 Å². The molecule has 14 nitrogen and oxygen atoms in total. The standard InChI is InChI=1S/2C26H33N3O4/c2*1-26(2,3)33-25(32)29-16-15-20(19-13-9-6-10-14-19)22(29)24(31)28-21(23(30)27-4)17-18-11-7-5-8-12-18/h2*5-14,20-22H,15-17H2,1-4H3,(H,27,30)(H,28,31)/t2*20-,21-,22+/m11/s1. The van der Waals surface area contributed by atoms with Crippen molar-refractivity contribution in [3.63, 3.8) is 0 Å². The van der Waals surface area contributed by atoms with Crippen molar-refractivity contribution in [2.24, 2.45) is 0 Å². The molecule has 14 heteroatoms. The minimum absolute atomic E-state index is 0.194. The molecule has 4 N–H and O–H groups in total. The van der Waals surface area contributed by atoms with Crippen LogP contribution < -0.4 is 21.3 Å². The normalized spacial score (nSPS) is 19.0. The van der Waals surface area contributed by atoms with E-state index < -0.39 is 47.6 Å². The molecule has 2 fully saturated rings. The Bertz CT molecular complexity index is 2070. The molecule has 0 unspecified atom stereocenters. The highest BCUT2D eigenvalue weighted by Gasteiger charge is 2.46. The zero-order valence-electron chi connectivity index (χ0n) is 39.4. The van der Waals surface area contributed by atoms with Gasteiger partial charge in [0.1, 0.15) is 35.4 Å². The first-order valence-corrected chi connectivity index (χ1v) is 22.6. The third-order valence-electron chi connectivity index (χ3n) is 11.4. The number of carbonyl (C=O) groups is 6. The molecule has 0 aromatic heterocycles. The summed E-state index contributed by atoms with van der Waals surface area (Å²) in [5.74, 6) is -1.69. The number of nitrogens with one attached hydrogen (secondary N) is 4. The summed E-state index contributed by atoms with van der Waals surface area (Å²) < 4.78 is 11.2. The van der Waals surface area contributed by atoms with Crippen molar-refractivity contribution in [2.45, 2.75) is 114 Å². The monoisotopic (exact) mass is 902 g/mol. The maximum atomic E-state index is 13.6. The fraction of sp³-hybridized carbons (Fsp3) is 0.423. The van der Waals surface area contributed by atoms with Crippen LogP contribution >= 0.6 is 0 Å². The van der Waals surface area contributed by atoms with Gasteiger partial charge in [0, 0.05) is 51.9 Å². The van der Waals surface area contributed by atoms with Gasteiger partial charge in [-0.2, -0.15) is 0 Å². The van der Waals surface area contributed by atoms with Gasteiger partial charge < -0.3 is 30.7 Å². The fourth-order valence-corrected chi connectivity index (χ4v) is 8.36. The molecule has 0 bridgehead atoms. The van der Waals surface area contributed by atoms with Gasteiger partial charge in [-0.25, -0.2) is 9.59 Å². The molecule has 6 rings (SSSR count). The molecule has 66 heavy (non-hydrogen) atoms. The van der Waals surface area contributed by atoms with Crippen molar-refractivity contribution in [3.05, 3.63) is 144 Å². The van der Waals surface area contributed by atoms with Gasteiger partial charge >= 0.3 is 12.2 Å². The molecule has 2 saturated heterocycles. The molecule has 0 radical (unpaired) electrons. The van der Waals surface area contributed by atoms with Crippen LogP contribution in [0.25, 0.3) is 0 Å². The first-order chi connectivity index (χ1) is 31.4. The Morgan fingerprint density at radius 3 is 1.11 bits per heavy atom. The SMILES string of the molecule is CNC(=O)[C@@H](Cc1ccccc1)NC(=O)[C@@H]1[C@@H](c2ccccc2)CCN1C(=O)OC(C)(C)C.CNC(=O)[C@@H](Cc1ccccc1)NC(=O)[C@@H]1[C@@H](c2ccccc2)CCN1C(=O)OC(C)(C)C. The van der Waals surface area contributed by atoms with Crippen LogP contribution in [0.5, 0.6) is 0 Å². The molecular weight excluding hydrogens is 837 g/mol. The second-order valence-corrected chi connectivity index (χ2v) is 18.6. The molecule has 352 valence electrons. The lowest BCUT2D eigenvalue weighted by atomic mass is 9.91. The molecule has 4 aromatic carbocycles. The van der Waals surface area contributed by atoms with E-state index in [9.17, 15) is 28.8 Å². The van der Waals surface area contributed by atoms with Crippen LogP contribution in [0, 0.1) is 0 Å². The third-order valence-corrected chi connectivity index (χ3v) is 11.4. The molecule has 2 heterocycles. The second-order valence-electron chi connectivity index (χ2n) is 18.6. The summed E-state index contributed by atoms with van der Waals surface area (Å²) in [4.78, 5) is 81.3. The first-order valence-electron chi connectivity index (χ1n) is 22.6. The zero-order valence-corrected chi connectivity index (χ0v) is 39.4. The highest BCUT2D eigenvalue weighted by atomic mass is 16.6. The maximum absolute atomic E-state index is 13.6. The predicted molar refractivity (Wildman–Crippen MR) is 253 cm³/mol. The molecule has 4 aromatic rings. The van der Waals surface area contributed by atoms with Crippen molar-refractivity contribution in [1.29, 1.82) is 0 Å². The van der Waals surface area contributed by atoms with Gasteiger partial charge in [-0.1, -0.05) is 121 Å². The molecule has 2 aliphatic heterocycles. The lowest BCUT2D eigenvalue weighted by Crippen LogP contribution is -2.55. The number of rotatable bonds is 12. The van der Waals surface area contributed by atoms with E-state index >= 15 is 0 Å². The quantitative estimate of drug-likeness (QED) is 0.125. The lowest BCUT2D eigenvalue weighted by molar-refractivity contribution is -0.131. The highest BCUT2D eigenvalue weighted by Crippen LogP contribution is 2.36. The van der Waals surface area contributed by atoms with Gasteiger partial charge in [0.05, 0.1) is 0 Å². The van der Waals surface area contributed by atoms with Crippen LogP contribution in [0.4, 0.5) is 9.59 Å². The Morgan fingerprint density at radius 1 is 0.515 bits per heavy atom. The number of hydrogen-bond donors (Lipinski definition) is 4. The summed E-state index contributed by atoms with van der Waals surface area (Å²) in [6.45, 7) is 11.6. The fourth-order valence-electron chi connectivity index (χ4n) is 8.36. The van der Waals surface area contributed by atoms with Gasteiger partial charge in [0.2, 0.25) is 23.6 Å². The summed E-state index contributed by atoms with van der Waals surface area (Å²) in [6, 6.07) is 35.3. The maximum Gasteiger partial charge on any atom is 0.410 e. The van der Waals surface area contributed by atoms with E-state index in [-0.39, 0.29) is 35.5 Å². The van der Waals surface area contributed by atoms with Crippen LogP contribution in [0.2, 0.25) is 0 Å². The number of hydrogen-bond acceptors (Lipinski definition) is 8. The summed E-state index contributed by atoms with van der Waals surface area (Å²) in [5, 5.41) is 11.1. The first kappa shape index (κ1) is 50.3. The van der Waals surface area contributed by atoms with Crippen molar-refractivity contribution in [3.8, 4) is 0 Å². The van der Waals surface area contributed by atoms with E-state index in [1.54, 1.807) is 55.6 Å². The van der Waals surface area contributed by atoms with E-state index in [4.69, 9.17) is 9.47 Å². The molecule has 0 aliphatic carbocycles. The van der Waals surface area contributed by atoms with E-state index in [0.717, 1.165) is 22.3 Å².